The summed E-state index contributed by atoms with van der Waals surface area (Å²) in [6.45, 7) is 0.202. The first-order valence-electron chi connectivity index (χ1n) is 11.1. The predicted octanol–water partition coefficient (Wildman–Crippen LogP) is 4.08. The highest BCUT2D eigenvalue weighted by atomic mass is 32.1. The second-order valence-electron chi connectivity index (χ2n) is 8.15. The van der Waals surface area contributed by atoms with E-state index in [1.54, 1.807) is 12.4 Å². The fourth-order valence-corrected chi connectivity index (χ4v) is 4.61. The molecule has 1 amide bonds. The molecule has 0 bridgehead atoms. The zero-order chi connectivity index (χ0) is 25.7. The van der Waals surface area contributed by atoms with E-state index in [0.717, 1.165) is 28.5 Å². The van der Waals surface area contributed by atoms with Gasteiger partial charge in [-0.25, -0.2) is 4.98 Å². The van der Waals surface area contributed by atoms with Crippen molar-refractivity contribution in [3.63, 3.8) is 0 Å². The largest absolute Gasteiger partial charge is 0.416 e. The van der Waals surface area contributed by atoms with Crippen LogP contribution in [0.3, 0.4) is 0 Å². The van der Waals surface area contributed by atoms with Crippen LogP contribution < -0.4 is 16.4 Å². The van der Waals surface area contributed by atoms with Gasteiger partial charge in [0, 0.05) is 36.9 Å². The van der Waals surface area contributed by atoms with E-state index >= 15 is 0 Å². The van der Waals surface area contributed by atoms with E-state index < -0.39 is 23.7 Å². The number of amides is 1. The first-order valence-corrected chi connectivity index (χ1v) is 12.0. The SMILES string of the molecule is N[C@@H](CNc1nc(C(=O)NCCO)c(-c2ccc3cnccc3c2)s1)Cc1ccc(C(F)(F)F)cc1. The molecule has 1 atom stereocenters. The Morgan fingerprint density at radius 1 is 1.11 bits per heavy atom. The highest BCUT2D eigenvalue weighted by Gasteiger charge is 2.30. The van der Waals surface area contributed by atoms with Crippen LogP contribution in [-0.4, -0.2) is 46.7 Å². The maximum Gasteiger partial charge on any atom is 0.416 e. The van der Waals surface area contributed by atoms with Crippen LogP contribution in [0.5, 0.6) is 0 Å². The van der Waals surface area contributed by atoms with Gasteiger partial charge < -0.3 is 21.5 Å². The minimum absolute atomic E-state index is 0.0972. The summed E-state index contributed by atoms with van der Waals surface area (Å²) in [7, 11) is 0. The van der Waals surface area contributed by atoms with Crippen LogP contribution in [-0.2, 0) is 12.6 Å². The molecule has 0 saturated carbocycles. The van der Waals surface area contributed by atoms with Gasteiger partial charge in [0.05, 0.1) is 17.0 Å². The first kappa shape index (κ1) is 25.5. The van der Waals surface area contributed by atoms with Crippen molar-refractivity contribution in [2.75, 3.05) is 25.0 Å². The van der Waals surface area contributed by atoms with E-state index in [0.29, 0.717) is 28.5 Å². The highest BCUT2D eigenvalue weighted by Crippen LogP contribution is 2.35. The Morgan fingerprint density at radius 2 is 1.89 bits per heavy atom. The van der Waals surface area contributed by atoms with Crippen LogP contribution in [0, 0.1) is 0 Å². The number of pyridine rings is 1. The number of halogens is 3. The predicted molar refractivity (Wildman–Crippen MR) is 134 cm³/mol. The van der Waals surface area contributed by atoms with Crippen molar-refractivity contribution in [2.24, 2.45) is 5.73 Å². The Balaban J connectivity index is 1.50. The second kappa shape index (κ2) is 11.0. The van der Waals surface area contributed by atoms with Gasteiger partial charge in [0.1, 0.15) is 5.69 Å². The zero-order valence-corrected chi connectivity index (χ0v) is 19.9. The van der Waals surface area contributed by atoms with Gasteiger partial charge in [-0.15, -0.1) is 0 Å². The van der Waals surface area contributed by atoms with Gasteiger partial charge >= 0.3 is 6.18 Å². The van der Waals surface area contributed by atoms with E-state index in [9.17, 15) is 18.0 Å². The highest BCUT2D eigenvalue weighted by molar-refractivity contribution is 7.19. The molecule has 0 unspecified atom stereocenters. The molecule has 11 heteroatoms. The molecule has 0 saturated heterocycles. The van der Waals surface area contributed by atoms with E-state index in [2.05, 4.69) is 20.6 Å². The van der Waals surface area contributed by atoms with Crippen molar-refractivity contribution < 1.29 is 23.1 Å². The number of fused-ring (bicyclic) bond motifs is 1. The minimum atomic E-state index is -4.38. The summed E-state index contributed by atoms with van der Waals surface area (Å²) in [6.07, 6.45) is -0.565. The number of nitrogens with zero attached hydrogens (tertiary/aromatic N) is 2. The summed E-state index contributed by atoms with van der Waals surface area (Å²) in [5, 5.41) is 17.3. The monoisotopic (exact) mass is 515 g/mol. The Bertz CT molecular complexity index is 1340. The van der Waals surface area contributed by atoms with Crippen LogP contribution in [0.2, 0.25) is 0 Å². The van der Waals surface area contributed by atoms with E-state index in [1.165, 1.54) is 23.5 Å². The van der Waals surface area contributed by atoms with Crippen molar-refractivity contribution in [1.82, 2.24) is 15.3 Å². The molecule has 0 radical (unpaired) electrons. The molecule has 0 aliphatic heterocycles. The summed E-state index contributed by atoms with van der Waals surface area (Å²) >= 11 is 1.29. The number of thiazole rings is 1. The van der Waals surface area contributed by atoms with Crippen molar-refractivity contribution >= 4 is 33.1 Å². The van der Waals surface area contributed by atoms with Crippen LogP contribution >= 0.6 is 11.3 Å². The molecular formula is C25H24F3N5O2S. The number of nitrogens with one attached hydrogen (secondary N) is 2. The molecule has 7 nitrogen and oxygen atoms in total. The third-order valence-electron chi connectivity index (χ3n) is 5.44. The fraction of sp³-hybridized carbons (Fsp3) is 0.240. The van der Waals surface area contributed by atoms with Gasteiger partial charge in [-0.2, -0.15) is 13.2 Å². The number of carbonyl (C=O) groups is 1. The molecule has 0 aliphatic rings. The summed E-state index contributed by atoms with van der Waals surface area (Å²) in [4.78, 5) is 22.0. The molecule has 2 aromatic heterocycles. The molecule has 5 N–H and O–H groups in total. The molecule has 0 fully saturated rings. The lowest BCUT2D eigenvalue weighted by atomic mass is 10.0. The van der Waals surface area contributed by atoms with Gasteiger partial charge in [0.15, 0.2) is 5.13 Å². The van der Waals surface area contributed by atoms with Crippen molar-refractivity contribution in [3.8, 4) is 10.4 Å². The average Bonchev–Trinajstić information content (AvgIpc) is 3.30. The summed E-state index contributed by atoms with van der Waals surface area (Å²) in [5.41, 5.74) is 7.21. The molecule has 4 aromatic rings. The maximum absolute atomic E-state index is 12.8. The van der Waals surface area contributed by atoms with Gasteiger partial charge in [0.2, 0.25) is 0 Å². The molecule has 2 heterocycles. The molecule has 0 aliphatic carbocycles. The molecule has 0 spiro atoms. The number of benzene rings is 2. The van der Waals surface area contributed by atoms with Crippen molar-refractivity contribution in [3.05, 3.63) is 77.7 Å². The molecular weight excluding hydrogens is 491 g/mol. The Kier molecular flexibility index (Phi) is 7.82. The fourth-order valence-electron chi connectivity index (χ4n) is 3.65. The van der Waals surface area contributed by atoms with Crippen molar-refractivity contribution in [1.29, 1.82) is 0 Å². The summed E-state index contributed by atoms with van der Waals surface area (Å²) in [6, 6.07) is 12.2. The summed E-state index contributed by atoms with van der Waals surface area (Å²) < 4.78 is 38.3. The number of carbonyl (C=O) groups excluding carboxylic acids is 1. The lowest BCUT2D eigenvalue weighted by Crippen LogP contribution is -2.31. The normalized spacial score (nSPS) is 12.5. The average molecular weight is 516 g/mol. The number of hydrogen-bond donors (Lipinski definition) is 4. The van der Waals surface area contributed by atoms with Gasteiger partial charge in [-0.05, 0) is 47.2 Å². The number of rotatable bonds is 9. The zero-order valence-electron chi connectivity index (χ0n) is 19.0. The van der Waals surface area contributed by atoms with Crippen molar-refractivity contribution in [2.45, 2.75) is 18.6 Å². The van der Waals surface area contributed by atoms with Gasteiger partial charge in [-0.3, -0.25) is 9.78 Å². The second-order valence-corrected chi connectivity index (χ2v) is 9.15. The molecule has 188 valence electrons. The smallest absolute Gasteiger partial charge is 0.395 e. The topological polar surface area (TPSA) is 113 Å². The van der Waals surface area contributed by atoms with Gasteiger partial charge in [0.25, 0.3) is 5.91 Å². The number of alkyl halides is 3. The maximum atomic E-state index is 12.8. The number of nitrogens with two attached hydrogens (primary N) is 1. The third-order valence-corrected chi connectivity index (χ3v) is 6.50. The van der Waals surface area contributed by atoms with Crippen LogP contribution in [0.15, 0.2) is 60.9 Å². The Morgan fingerprint density at radius 3 is 2.61 bits per heavy atom. The number of hydrogen-bond acceptors (Lipinski definition) is 7. The van der Waals surface area contributed by atoms with Crippen LogP contribution in [0.1, 0.15) is 21.6 Å². The minimum Gasteiger partial charge on any atom is -0.395 e. The number of aliphatic hydroxyl groups is 1. The third kappa shape index (κ3) is 6.17. The van der Waals surface area contributed by atoms with E-state index in [4.69, 9.17) is 10.8 Å². The lowest BCUT2D eigenvalue weighted by molar-refractivity contribution is -0.137. The number of aliphatic hydroxyl groups excluding tert-OH is 1. The number of anilines is 1. The van der Waals surface area contributed by atoms with Crippen LogP contribution in [0.4, 0.5) is 18.3 Å². The molecule has 36 heavy (non-hydrogen) atoms. The van der Waals surface area contributed by atoms with E-state index in [-0.39, 0.29) is 18.8 Å². The summed E-state index contributed by atoms with van der Waals surface area (Å²) in [5.74, 6) is -0.410. The first-order chi connectivity index (χ1) is 17.2. The van der Waals surface area contributed by atoms with E-state index in [1.807, 2.05) is 24.3 Å². The molecule has 4 rings (SSSR count). The van der Waals surface area contributed by atoms with Gasteiger partial charge in [-0.1, -0.05) is 35.6 Å². The standard InChI is InChI=1S/C25H24F3N5O2S/c26-25(27,28)19-5-1-15(2-6-19)11-20(29)14-32-24-33-21(23(35)31-9-10-34)22(36-24)17-3-4-18-13-30-8-7-16(18)12-17/h1-8,12-13,20,34H,9-11,14,29H2,(H,31,35)(H,32,33)/t20-/m1/s1. The quantitative estimate of drug-likeness (QED) is 0.267. The van der Waals surface area contributed by atoms with Crippen LogP contribution in [0.25, 0.3) is 21.2 Å². The Labute approximate surface area is 209 Å². The Hall–Kier alpha value is -3.54. The number of aromatic nitrogens is 2. The molecule has 2 aromatic carbocycles. The lowest BCUT2D eigenvalue weighted by Gasteiger charge is -2.13.